The Labute approximate surface area is 182 Å². The highest BCUT2D eigenvalue weighted by molar-refractivity contribution is 7.80. The van der Waals surface area contributed by atoms with Crippen LogP contribution in [0, 0.1) is 17.3 Å². The molecular weight excluding hydrogens is 402 g/mol. The number of ether oxygens (including phenoxy) is 1. The van der Waals surface area contributed by atoms with Crippen molar-refractivity contribution in [3.63, 3.8) is 0 Å². The molecule has 7 heteroatoms. The number of phenols is 1. The normalized spacial score (nSPS) is 33.1. The van der Waals surface area contributed by atoms with Crippen molar-refractivity contribution in [2.45, 2.75) is 70.4 Å². The lowest BCUT2D eigenvalue weighted by molar-refractivity contribution is -0.138. The first-order valence-corrected chi connectivity index (χ1v) is 11.5. The molecule has 6 atom stereocenters. The minimum atomic E-state index is -0.865. The van der Waals surface area contributed by atoms with E-state index in [-0.39, 0.29) is 34.7 Å². The summed E-state index contributed by atoms with van der Waals surface area (Å²) in [6.07, 6.45) is 5.46. The van der Waals surface area contributed by atoms with Crippen LogP contribution in [0.15, 0.2) is 12.1 Å². The maximum atomic E-state index is 12.4. The van der Waals surface area contributed by atoms with E-state index in [1.54, 1.807) is 6.07 Å². The number of esters is 1. The predicted octanol–water partition coefficient (Wildman–Crippen LogP) is 2.95. The molecule has 3 N–H and O–H groups in total. The van der Waals surface area contributed by atoms with Gasteiger partial charge in [-0.3, -0.25) is 4.79 Å². The van der Waals surface area contributed by atoms with Gasteiger partial charge in [-0.15, -0.1) is 0 Å². The molecule has 164 valence electrons. The molecule has 6 nitrogen and oxygen atoms in total. The number of benzene rings is 1. The lowest BCUT2D eigenvalue weighted by atomic mass is 9.55. The third-order valence-corrected chi connectivity index (χ3v) is 8.22. The number of fused-ring (bicyclic) bond motifs is 5. The van der Waals surface area contributed by atoms with Crippen molar-refractivity contribution < 1.29 is 24.5 Å². The summed E-state index contributed by atoms with van der Waals surface area (Å²) in [5.74, 6) is 0.705. The van der Waals surface area contributed by atoms with Crippen LogP contribution in [0.1, 0.15) is 63.0 Å². The molecule has 0 heterocycles. The third-order valence-electron chi connectivity index (χ3n) is 7.85. The molecule has 1 amide bonds. The molecule has 0 aromatic heterocycles. The number of thiol groups is 1. The van der Waals surface area contributed by atoms with Crippen LogP contribution >= 0.6 is 12.6 Å². The van der Waals surface area contributed by atoms with Crippen LogP contribution in [0.25, 0.3) is 0 Å². The Hall–Kier alpha value is -1.73. The van der Waals surface area contributed by atoms with Crippen molar-refractivity contribution in [1.82, 2.24) is 5.32 Å². The van der Waals surface area contributed by atoms with Crippen LogP contribution in [0.2, 0.25) is 0 Å². The van der Waals surface area contributed by atoms with E-state index in [9.17, 15) is 19.8 Å². The van der Waals surface area contributed by atoms with Gasteiger partial charge in [-0.1, -0.05) is 13.0 Å². The summed E-state index contributed by atoms with van der Waals surface area (Å²) in [5, 5.41) is 23.9. The first-order chi connectivity index (χ1) is 14.3. The predicted molar refractivity (Wildman–Crippen MR) is 116 cm³/mol. The highest BCUT2D eigenvalue weighted by atomic mass is 32.1. The second-order valence-electron chi connectivity index (χ2n) is 9.39. The summed E-state index contributed by atoms with van der Waals surface area (Å²) in [6.45, 7) is 3.57. The number of aromatic hydroxyl groups is 1. The minimum absolute atomic E-state index is 0.0156. The molecule has 2 saturated carbocycles. The van der Waals surface area contributed by atoms with E-state index in [2.05, 4.69) is 24.9 Å². The van der Waals surface area contributed by atoms with Crippen LogP contribution in [-0.4, -0.2) is 40.0 Å². The van der Waals surface area contributed by atoms with E-state index in [4.69, 9.17) is 4.74 Å². The molecule has 0 spiro atoms. The lowest BCUT2D eigenvalue weighted by Crippen LogP contribution is -2.44. The molecule has 1 aromatic carbocycles. The SMILES string of the molecule is CC(=O)N[C@@H](CS)C(=O)Oc1ccc2c(c1O)CC[C@@H]1[C@@H]2CC[C@]2(C)[C@@H](O)CC[C@@H]12. The quantitative estimate of drug-likeness (QED) is 0.333. The molecule has 0 unspecified atom stereocenters. The number of phenolic OH excluding ortho intramolecular Hbond substituents is 1. The Morgan fingerprint density at radius 2 is 2.07 bits per heavy atom. The zero-order valence-electron chi connectivity index (χ0n) is 17.6. The number of amides is 1. The van der Waals surface area contributed by atoms with Crippen LogP contribution in [0.5, 0.6) is 11.5 Å². The van der Waals surface area contributed by atoms with Gasteiger partial charge in [-0.05, 0) is 73.3 Å². The van der Waals surface area contributed by atoms with Crippen molar-refractivity contribution in [3.8, 4) is 11.5 Å². The monoisotopic (exact) mass is 433 g/mol. The second kappa shape index (κ2) is 8.08. The summed E-state index contributed by atoms with van der Waals surface area (Å²) < 4.78 is 5.42. The van der Waals surface area contributed by atoms with E-state index < -0.39 is 12.0 Å². The van der Waals surface area contributed by atoms with E-state index >= 15 is 0 Å². The zero-order valence-corrected chi connectivity index (χ0v) is 18.5. The molecule has 3 aliphatic rings. The molecule has 3 aliphatic carbocycles. The molecule has 0 bridgehead atoms. The number of hydrogen-bond acceptors (Lipinski definition) is 6. The van der Waals surface area contributed by atoms with E-state index in [0.29, 0.717) is 17.8 Å². The lowest BCUT2D eigenvalue weighted by Gasteiger charge is -2.50. The van der Waals surface area contributed by atoms with Gasteiger partial charge in [0.2, 0.25) is 5.91 Å². The molecule has 0 aliphatic heterocycles. The van der Waals surface area contributed by atoms with Gasteiger partial charge >= 0.3 is 5.97 Å². The summed E-state index contributed by atoms with van der Waals surface area (Å²) in [6, 6.07) is 2.78. The Bertz CT molecular complexity index is 858. The first-order valence-electron chi connectivity index (χ1n) is 10.9. The van der Waals surface area contributed by atoms with Crippen molar-refractivity contribution in [2.75, 3.05) is 5.75 Å². The van der Waals surface area contributed by atoms with Gasteiger partial charge in [0, 0.05) is 18.2 Å². The highest BCUT2D eigenvalue weighted by Crippen LogP contribution is 2.61. The molecule has 0 radical (unpaired) electrons. The Morgan fingerprint density at radius 1 is 1.30 bits per heavy atom. The van der Waals surface area contributed by atoms with Gasteiger partial charge in [-0.2, -0.15) is 12.6 Å². The van der Waals surface area contributed by atoms with Crippen molar-refractivity contribution in [1.29, 1.82) is 0 Å². The number of carbonyl (C=O) groups is 2. The van der Waals surface area contributed by atoms with Crippen molar-refractivity contribution in [2.24, 2.45) is 17.3 Å². The number of carbonyl (C=O) groups excluding carboxylic acids is 2. The van der Waals surface area contributed by atoms with Crippen molar-refractivity contribution >= 4 is 24.5 Å². The maximum absolute atomic E-state index is 12.4. The first kappa shape index (κ1) is 21.5. The minimum Gasteiger partial charge on any atom is -0.504 e. The molecular formula is C23H31NO5S. The Balaban J connectivity index is 1.56. The molecule has 2 fully saturated rings. The van der Waals surface area contributed by atoms with E-state index in [1.165, 1.54) is 6.92 Å². The highest BCUT2D eigenvalue weighted by Gasteiger charge is 2.54. The molecule has 1 aromatic rings. The number of aliphatic hydroxyl groups excluding tert-OH is 1. The van der Waals surface area contributed by atoms with Crippen LogP contribution in [0.3, 0.4) is 0 Å². The average molecular weight is 434 g/mol. The number of nitrogens with one attached hydrogen (secondary N) is 1. The van der Waals surface area contributed by atoms with Gasteiger partial charge in [0.15, 0.2) is 11.5 Å². The van der Waals surface area contributed by atoms with Gasteiger partial charge in [-0.25, -0.2) is 4.79 Å². The van der Waals surface area contributed by atoms with E-state index in [0.717, 1.165) is 49.7 Å². The molecule has 4 rings (SSSR count). The Morgan fingerprint density at radius 3 is 2.77 bits per heavy atom. The maximum Gasteiger partial charge on any atom is 0.335 e. The fraction of sp³-hybridized carbons (Fsp3) is 0.652. The van der Waals surface area contributed by atoms with Gasteiger partial charge in [0.05, 0.1) is 6.10 Å². The van der Waals surface area contributed by atoms with Crippen LogP contribution in [0.4, 0.5) is 0 Å². The summed E-state index contributed by atoms with van der Waals surface area (Å²) in [4.78, 5) is 23.7. The zero-order chi connectivity index (χ0) is 21.6. The summed E-state index contributed by atoms with van der Waals surface area (Å²) >= 11 is 4.10. The van der Waals surface area contributed by atoms with Crippen LogP contribution < -0.4 is 10.1 Å². The number of aliphatic hydroxyl groups is 1. The Kier molecular flexibility index (Phi) is 5.79. The smallest absolute Gasteiger partial charge is 0.335 e. The second-order valence-corrected chi connectivity index (χ2v) is 9.76. The summed E-state index contributed by atoms with van der Waals surface area (Å²) in [5.41, 5.74) is 2.03. The van der Waals surface area contributed by atoms with Gasteiger partial charge < -0.3 is 20.3 Å². The standard InChI is InChI=1S/C23H31NO5S/c1-12(25)24-18(11-30)22(28)29-19-7-5-13-14-9-10-23(2)17(6-8-20(23)26)15(14)3-4-16(13)21(19)27/h5,7,14-15,17-18,20,26-27,30H,3-4,6,8-11H2,1-2H3,(H,24,25)/t14-,15-,17+,18+,20+,23+/m1/s1. The fourth-order valence-electron chi connectivity index (χ4n) is 6.29. The van der Waals surface area contributed by atoms with Gasteiger partial charge in [0.25, 0.3) is 0 Å². The third kappa shape index (κ3) is 3.50. The van der Waals surface area contributed by atoms with Gasteiger partial charge in [0.1, 0.15) is 6.04 Å². The van der Waals surface area contributed by atoms with Crippen LogP contribution in [-0.2, 0) is 16.0 Å². The average Bonchev–Trinajstić information content (AvgIpc) is 3.02. The molecule has 0 saturated heterocycles. The fourth-order valence-corrected chi connectivity index (χ4v) is 6.53. The topological polar surface area (TPSA) is 95.9 Å². The number of rotatable bonds is 4. The van der Waals surface area contributed by atoms with E-state index in [1.807, 2.05) is 6.07 Å². The van der Waals surface area contributed by atoms with Crippen molar-refractivity contribution in [3.05, 3.63) is 23.3 Å². The summed E-state index contributed by atoms with van der Waals surface area (Å²) in [7, 11) is 0. The number of hydrogen-bond donors (Lipinski definition) is 4. The molecule has 30 heavy (non-hydrogen) atoms. The largest absolute Gasteiger partial charge is 0.504 e.